The molecule has 1 heterocycles. The monoisotopic (exact) mass is 541 g/mol. The van der Waals surface area contributed by atoms with E-state index in [1.54, 1.807) is 31.3 Å². The molecule has 1 unspecified atom stereocenters. The van der Waals surface area contributed by atoms with Gasteiger partial charge < -0.3 is 0 Å². The molecule has 38 heavy (non-hydrogen) atoms. The number of hydrogen-bond acceptors (Lipinski definition) is 4. The Bertz CT molecular complexity index is 1130. The third-order valence-corrected chi connectivity index (χ3v) is 5.56. The van der Waals surface area contributed by atoms with Gasteiger partial charge in [-0.3, -0.25) is 4.98 Å². The second-order valence-corrected chi connectivity index (χ2v) is 8.73. The van der Waals surface area contributed by atoms with Crippen LogP contribution in [0.4, 0.5) is 14.5 Å². The highest BCUT2D eigenvalue weighted by molar-refractivity contribution is 6.30. The summed E-state index contributed by atoms with van der Waals surface area (Å²) in [6.45, 7) is 15.9. The molecule has 0 spiro atoms. The number of anilines is 1. The summed E-state index contributed by atoms with van der Waals surface area (Å²) < 4.78 is 24.3. The number of rotatable bonds is 10. The number of aromatic nitrogens is 1. The third kappa shape index (κ3) is 10.6. The summed E-state index contributed by atoms with van der Waals surface area (Å²) in [6, 6.07) is 23.3. The molecule has 0 amide bonds. The maximum absolute atomic E-state index is 12.2. The molecular weight excluding hydrogens is 504 g/mol. The van der Waals surface area contributed by atoms with Crippen LogP contribution >= 0.6 is 11.6 Å². The molecule has 0 aliphatic rings. The first kappa shape index (κ1) is 32.7. The average molecular weight is 542 g/mol. The van der Waals surface area contributed by atoms with Crippen molar-refractivity contribution < 1.29 is 13.7 Å². The van der Waals surface area contributed by atoms with Crippen LogP contribution in [0.5, 0.6) is 0 Å². The highest BCUT2D eigenvalue weighted by atomic mass is 35.5. The first-order valence-corrected chi connectivity index (χ1v) is 12.7. The number of benzene rings is 2. The predicted octanol–water partition coefficient (Wildman–Crippen LogP) is 9.10. The van der Waals surface area contributed by atoms with Gasteiger partial charge in [-0.25, -0.2) is 14.3 Å². The number of allylic oxidation sites excluding steroid dienone is 3. The van der Waals surface area contributed by atoms with Crippen molar-refractivity contribution in [2.45, 2.75) is 52.5 Å². The Morgan fingerprint density at radius 1 is 1.00 bits per heavy atom. The number of nitrogens with zero attached hydrogens (tertiary/aromatic N) is 1. The van der Waals surface area contributed by atoms with Crippen LogP contribution in [0.15, 0.2) is 115 Å². The van der Waals surface area contributed by atoms with Crippen molar-refractivity contribution >= 4 is 17.3 Å². The summed E-state index contributed by atoms with van der Waals surface area (Å²) in [7, 11) is 0. The summed E-state index contributed by atoms with van der Waals surface area (Å²) in [5.41, 5.74) is 8.86. The molecule has 0 saturated carbocycles. The second-order valence-electron chi connectivity index (χ2n) is 8.29. The van der Waals surface area contributed by atoms with Gasteiger partial charge >= 0.3 is 0 Å². The Morgan fingerprint density at radius 2 is 1.61 bits per heavy atom. The Hall–Kier alpha value is -3.32. The predicted molar refractivity (Wildman–Crippen MR) is 156 cm³/mol. The van der Waals surface area contributed by atoms with E-state index in [1.807, 2.05) is 69.3 Å². The standard InChI is InChI=1S/C22H22ClN3O.C7H10F2.C2H6/c1-17(2)22(21-10-6-7-15-24-21,16-18-8-4-3-5-9-18)26-27-25-20-13-11-19(23)12-14-20;1-4-5-6(2)7(3,8)9;1-2/h3-15,25-26H,1,16H2,2H3;4-5H,2H2,1,3H3;1-2H3/b;5-4-;. The van der Waals surface area contributed by atoms with Gasteiger partial charge in [0.2, 0.25) is 0 Å². The highest BCUT2D eigenvalue weighted by Gasteiger charge is 2.35. The van der Waals surface area contributed by atoms with Crippen molar-refractivity contribution in [2.75, 3.05) is 5.48 Å². The fraction of sp³-hybridized carbons (Fsp3) is 0.258. The van der Waals surface area contributed by atoms with Crippen LogP contribution in [0.2, 0.25) is 5.02 Å². The van der Waals surface area contributed by atoms with Crippen LogP contribution in [0, 0.1) is 0 Å². The summed E-state index contributed by atoms with van der Waals surface area (Å²) in [6.07, 6.45) is 5.26. The van der Waals surface area contributed by atoms with E-state index >= 15 is 0 Å². The van der Waals surface area contributed by atoms with Crippen LogP contribution in [-0.4, -0.2) is 10.9 Å². The highest BCUT2D eigenvalue weighted by Crippen LogP contribution is 2.31. The lowest BCUT2D eigenvalue weighted by Crippen LogP contribution is -2.46. The van der Waals surface area contributed by atoms with Crippen molar-refractivity contribution in [1.29, 1.82) is 0 Å². The van der Waals surface area contributed by atoms with Gasteiger partial charge in [-0.05, 0) is 55.8 Å². The van der Waals surface area contributed by atoms with Gasteiger partial charge in [-0.1, -0.05) is 92.7 Å². The summed E-state index contributed by atoms with van der Waals surface area (Å²) in [4.78, 5) is 10.2. The molecule has 0 bridgehead atoms. The summed E-state index contributed by atoms with van der Waals surface area (Å²) >= 11 is 5.93. The van der Waals surface area contributed by atoms with Crippen LogP contribution in [-0.2, 0) is 16.9 Å². The minimum absolute atomic E-state index is 0.148. The lowest BCUT2D eigenvalue weighted by Gasteiger charge is -2.34. The van der Waals surface area contributed by atoms with Crippen LogP contribution < -0.4 is 11.0 Å². The zero-order chi connectivity index (χ0) is 28.6. The van der Waals surface area contributed by atoms with Crippen molar-refractivity contribution in [2.24, 2.45) is 0 Å². The fourth-order valence-electron chi connectivity index (χ4n) is 3.19. The van der Waals surface area contributed by atoms with E-state index < -0.39 is 11.5 Å². The van der Waals surface area contributed by atoms with Crippen LogP contribution in [0.25, 0.3) is 0 Å². The molecule has 1 atom stereocenters. The average Bonchev–Trinajstić information content (AvgIpc) is 2.91. The minimum atomic E-state index is -2.77. The molecule has 0 fully saturated rings. The number of pyridine rings is 1. The Kier molecular flexibility index (Phi) is 14.2. The van der Waals surface area contributed by atoms with Crippen LogP contribution in [0.1, 0.15) is 45.9 Å². The second kappa shape index (κ2) is 16.5. The number of alkyl halides is 2. The summed E-state index contributed by atoms with van der Waals surface area (Å²) in [5.74, 6) is -2.77. The minimum Gasteiger partial charge on any atom is -0.259 e. The molecule has 3 rings (SSSR count). The van der Waals surface area contributed by atoms with Gasteiger partial charge in [0, 0.05) is 30.1 Å². The zero-order valence-electron chi connectivity index (χ0n) is 22.8. The third-order valence-electron chi connectivity index (χ3n) is 5.31. The van der Waals surface area contributed by atoms with E-state index in [9.17, 15) is 8.78 Å². The fourth-order valence-corrected chi connectivity index (χ4v) is 3.32. The van der Waals surface area contributed by atoms with E-state index in [1.165, 1.54) is 6.08 Å². The largest absolute Gasteiger partial charge is 0.269 e. The molecule has 2 N–H and O–H groups in total. The molecule has 0 saturated heterocycles. The van der Waals surface area contributed by atoms with Gasteiger partial charge in [0.15, 0.2) is 0 Å². The van der Waals surface area contributed by atoms with E-state index in [-0.39, 0.29) is 5.57 Å². The normalized spacial score (nSPS) is 12.3. The molecule has 0 aliphatic heterocycles. The first-order chi connectivity index (χ1) is 18.1. The van der Waals surface area contributed by atoms with Gasteiger partial charge in [0.25, 0.3) is 5.92 Å². The van der Waals surface area contributed by atoms with E-state index in [2.05, 4.69) is 41.2 Å². The molecule has 1 aromatic heterocycles. The van der Waals surface area contributed by atoms with Gasteiger partial charge in [0.1, 0.15) is 5.54 Å². The number of hydroxylamine groups is 1. The lowest BCUT2D eigenvalue weighted by atomic mass is 9.82. The summed E-state index contributed by atoms with van der Waals surface area (Å²) in [5, 5.41) is 0.669. The quantitative estimate of drug-likeness (QED) is 0.153. The van der Waals surface area contributed by atoms with E-state index in [4.69, 9.17) is 16.5 Å². The van der Waals surface area contributed by atoms with Gasteiger partial charge in [-0.15, -0.1) is 0 Å². The van der Waals surface area contributed by atoms with Crippen molar-refractivity contribution in [1.82, 2.24) is 10.5 Å². The number of halogens is 3. The number of nitrogens with one attached hydrogen (secondary N) is 2. The zero-order valence-corrected chi connectivity index (χ0v) is 23.5. The van der Waals surface area contributed by atoms with Crippen molar-refractivity contribution in [3.05, 3.63) is 132 Å². The Morgan fingerprint density at radius 3 is 2.08 bits per heavy atom. The molecule has 2 aromatic carbocycles. The Labute approximate surface area is 231 Å². The van der Waals surface area contributed by atoms with E-state index in [0.29, 0.717) is 11.4 Å². The molecular formula is C31H38ClF2N3O. The smallest absolute Gasteiger partial charge is 0.259 e. The molecule has 4 nitrogen and oxygen atoms in total. The topological polar surface area (TPSA) is 46.2 Å². The van der Waals surface area contributed by atoms with Crippen molar-refractivity contribution in [3.8, 4) is 0 Å². The maximum atomic E-state index is 12.2. The van der Waals surface area contributed by atoms with Crippen molar-refractivity contribution in [3.63, 3.8) is 0 Å². The molecule has 7 heteroatoms. The van der Waals surface area contributed by atoms with Gasteiger partial charge in [0.05, 0.1) is 11.4 Å². The Balaban J connectivity index is 0.000000559. The lowest BCUT2D eigenvalue weighted by molar-refractivity contribution is 0.0219. The maximum Gasteiger partial charge on any atom is 0.269 e. The molecule has 3 aromatic rings. The van der Waals surface area contributed by atoms with Crippen LogP contribution in [0.3, 0.4) is 0 Å². The number of hydrogen-bond donors (Lipinski definition) is 2. The SMILES string of the molecule is C=C(/C=C\C)C(C)(F)F.C=C(C)C(Cc1ccccc1)(NONc1ccc(Cl)cc1)c1ccccn1.CC. The van der Waals surface area contributed by atoms with Gasteiger partial charge in [-0.2, -0.15) is 10.4 Å². The first-order valence-electron chi connectivity index (χ1n) is 12.3. The molecule has 0 aliphatic carbocycles. The van der Waals surface area contributed by atoms with E-state index in [0.717, 1.165) is 29.4 Å². The molecule has 204 valence electrons. The molecule has 0 radical (unpaired) electrons.